The highest BCUT2D eigenvalue weighted by molar-refractivity contribution is 7.25. The van der Waals surface area contributed by atoms with Gasteiger partial charge in [-0.15, -0.1) is 11.3 Å². The van der Waals surface area contributed by atoms with Crippen LogP contribution in [-0.2, 0) is 6.42 Å². The Morgan fingerprint density at radius 1 is 0.513 bits per heavy atom. The van der Waals surface area contributed by atoms with Crippen LogP contribution in [0.4, 0.5) is 0 Å². The van der Waals surface area contributed by atoms with Crippen LogP contribution in [0.15, 0.2) is 115 Å². The molecule has 0 aliphatic heterocycles. The molecule has 0 unspecified atom stereocenters. The molecule has 8 aromatic rings. The van der Waals surface area contributed by atoms with E-state index < -0.39 is 0 Å². The maximum Gasteiger partial charge on any atom is 0.0541 e. The van der Waals surface area contributed by atoms with Crippen LogP contribution in [0.5, 0.6) is 0 Å². The second kappa shape index (κ2) is 7.95. The SMILES string of the molecule is C1=Cc2c(c3ccccc3n2-c2ccc3sc4ccc(-n5c6ccccc6c6ccccc65)cc4c3c2)CC1. The van der Waals surface area contributed by atoms with Gasteiger partial charge in [-0.1, -0.05) is 60.7 Å². The van der Waals surface area contributed by atoms with Gasteiger partial charge in [0.25, 0.3) is 0 Å². The van der Waals surface area contributed by atoms with Crippen LogP contribution >= 0.6 is 11.3 Å². The monoisotopic (exact) mass is 516 g/mol. The number of hydrogen-bond donors (Lipinski definition) is 0. The van der Waals surface area contributed by atoms with Crippen molar-refractivity contribution in [1.29, 1.82) is 0 Å². The van der Waals surface area contributed by atoms with Crippen molar-refractivity contribution < 1.29 is 0 Å². The molecule has 1 aliphatic carbocycles. The molecule has 3 heteroatoms. The quantitative estimate of drug-likeness (QED) is 0.216. The molecule has 3 heterocycles. The van der Waals surface area contributed by atoms with Crippen molar-refractivity contribution in [3.63, 3.8) is 0 Å². The summed E-state index contributed by atoms with van der Waals surface area (Å²) in [7, 11) is 0. The van der Waals surface area contributed by atoms with Gasteiger partial charge in [-0.2, -0.15) is 0 Å². The Morgan fingerprint density at radius 2 is 1.05 bits per heavy atom. The van der Waals surface area contributed by atoms with Gasteiger partial charge >= 0.3 is 0 Å². The van der Waals surface area contributed by atoms with Gasteiger partial charge in [0, 0.05) is 53.4 Å². The van der Waals surface area contributed by atoms with E-state index in [1.165, 1.54) is 75.5 Å². The van der Waals surface area contributed by atoms with Gasteiger partial charge in [0.1, 0.15) is 0 Å². The van der Waals surface area contributed by atoms with Crippen molar-refractivity contribution in [2.24, 2.45) is 0 Å². The summed E-state index contributed by atoms with van der Waals surface area (Å²) in [5.74, 6) is 0. The van der Waals surface area contributed by atoms with Crippen molar-refractivity contribution >= 4 is 70.3 Å². The molecule has 0 fully saturated rings. The van der Waals surface area contributed by atoms with Gasteiger partial charge < -0.3 is 9.13 Å². The summed E-state index contributed by atoms with van der Waals surface area (Å²) >= 11 is 1.88. The molecule has 0 radical (unpaired) electrons. The summed E-state index contributed by atoms with van der Waals surface area (Å²) < 4.78 is 7.53. The molecule has 0 spiro atoms. The third-order valence-electron chi connectivity index (χ3n) is 8.39. The summed E-state index contributed by atoms with van der Waals surface area (Å²) in [5, 5.41) is 6.60. The Morgan fingerprint density at radius 3 is 1.69 bits per heavy atom. The van der Waals surface area contributed by atoms with E-state index in [1.807, 2.05) is 11.3 Å². The second-order valence-corrected chi connectivity index (χ2v) is 11.6. The van der Waals surface area contributed by atoms with E-state index >= 15 is 0 Å². The molecule has 9 rings (SSSR count). The number of aromatic nitrogens is 2. The lowest BCUT2D eigenvalue weighted by atomic mass is 10.0. The molecule has 5 aromatic carbocycles. The zero-order chi connectivity index (χ0) is 25.5. The number of nitrogens with zero attached hydrogens (tertiary/aromatic N) is 2. The van der Waals surface area contributed by atoms with Crippen LogP contribution in [0.2, 0.25) is 0 Å². The zero-order valence-corrected chi connectivity index (χ0v) is 22.1. The van der Waals surface area contributed by atoms with E-state index in [-0.39, 0.29) is 0 Å². The summed E-state index contributed by atoms with van der Waals surface area (Å²) in [5.41, 5.74) is 9.01. The lowest BCUT2D eigenvalue weighted by Crippen LogP contribution is -2.00. The zero-order valence-electron chi connectivity index (χ0n) is 21.3. The number of benzene rings is 5. The normalized spacial score (nSPS) is 13.3. The van der Waals surface area contributed by atoms with Gasteiger partial charge in [-0.25, -0.2) is 0 Å². The number of thiophene rings is 1. The van der Waals surface area contributed by atoms with Crippen molar-refractivity contribution in [1.82, 2.24) is 9.13 Å². The van der Waals surface area contributed by atoms with Crippen molar-refractivity contribution in [3.05, 3.63) is 127 Å². The molecule has 0 atom stereocenters. The number of fused-ring (bicyclic) bond motifs is 9. The van der Waals surface area contributed by atoms with E-state index in [9.17, 15) is 0 Å². The number of aryl methyl sites for hydroxylation is 1. The highest BCUT2D eigenvalue weighted by Crippen LogP contribution is 2.40. The maximum absolute atomic E-state index is 2.46. The molecule has 0 amide bonds. The van der Waals surface area contributed by atoms with Crippen LogP contribution in [0.1, 0.15) is 17.7 Å². The van der Waals surface area contributed by atoms with Crippen LogP contribution in [0.3, 0.4) is 0 Å². The van der Waals surface area contributed by atoms with Crippen LogP contribution in [-0.4, -0.2) is 9.13 Å². The molecule has 1 aliphatic rings. The van der Waals surface area contributed by atoms with E-state index in [0.717, 1.165) is 12.8 Å². The molecular weight excluding hydrogens is 492 g/mol. The Balaban J connectivity index is 1.31. The average molecular weight is 517 g/mol. The van der Waals surface area contributed by atoms with E-state index in [4.69, 9.17) is 0 Å². The Hall–Kier alpha value is -4.60. The Kier molecular flexibility index (Phi) is 4.35. The highest BCUT2D eigenvalue weighted by atomic mass is 32.1. The van der Waals surface area contributed by atoms with Crippen molar-refractivity contribution in [2.75, 3.05) is 0 Å². The second-order valence-electron chi connectivity index (χ2n) is 10.5. The molecule has 3 aromatic heterocycles. The molecule has 0 saturated heterocycles. The highest BCUT2D eigenvalue weighted by Gasteiger charge is 2.19. The molecule has 0 N–H and O–H groups in total. The fraction of sp³-hybridized carbons (Fsp3) is 0.0556. The first-order valence-electron chi connectivity index (χ1n) is 13.6. The van der Waals surface area contributed by atoms with Gasteiger partial charge in [0.2, 0.25) is 0 Å². The fourth-order valence-electron chi connectivity index (χ4n) is 6.70. The lowest BCUT2D eigenvalue weighted by Gasteiger charge is -2.12. The topological polar surface area (TPSA) is 9.86 Å². The van der Waals surface area contributed by atoms with Crippen LogP contribution in [0, 0.1) is 0 Å². The summed E-state index contributed by atoms with van der Waals surface area (Å²) in [6, 6.07) is 40.3. The Bertz CT molecular complexity index is 2240. The van der Waals surface area contributed by atoms with Crippen LogP contribution < -0.4 is 0 Å². The predicted molar refractivity (Wildman–Crippen MR) is 168 cm³/mol. The summed E-state index contributed by atoms with van der Waals surface area (Å²) in [6.07, 6.45) is 6.84. The lowest BCUT2D eigenvalue weighted by molar-refractivity contribution is 0.968. The van der Waals surface area contributed by atoms with Gasteiger partial charge in [0.15, 0.2) is 0 Å². The van der Waals surface area contributed by atoms with Gasteiger partial charge in [0.05, 0.1) is 16.6 Å². The third kappa shape index (κ3) is 2.96. The molecule has 2 nitrogen and oxygen atoms in total. The number of para-hydroxylation sites is 3. The fourth-order valence-corrected chi connectivity index (χ4v) is 7.76. The summed E-state index contributed by atoms with van der Waals surface area (Å²) in [4.78, 5) is 0. The van der Waals surface area contributed by atoms with Gasteiger partial charge in [-0.05, 0) is 79.1 Å². The number of rotatable bonds is 2. The molecule has 39 heavy (non-hydrogen) atoms. The molecule has 0 saturated carbocycles. The predicted octanol–water partition coefficient (Wildman–Crippen LogP) is 10.1. The van der Waals surface area contributed by atoms with Crippen LogP contribution in [0.25, 0.3) is 70.3 Å². The van der Waals surface area contributed by atoms with E-state index in [0.29, 0.717) is 0 Å². The molecule has 184 valence electrons. The molecular formula is C36H24N2S. The summed E-state index contributed by atoms with van der Waals surface area (Å²) in [6.45, 7) is 0. The first-order valence-corrected chi connectivity index (χ1v) is 14.4. The smallest absolute Gasteiger partial charge is 0.0541 e. The van der Waals surface area contributed by atoms with Crippen molar-refractivity contribution in [3.8, 4) is 11.4 Å². The maximum atomic E-state index is 2.46. The van der Waals surface area contributed by atoms with E-state index in [1.54, 1.807) is 0 Å². The third-order valence-corrected chi connectivity index (χ3v) is 9.54. The first-order chi connectivity index (χ1) is 19.3. The first kappa shape index (κ1) is 21.3. The molecule has 0 bridgehead atoms. The van der Waals surface area contributed by atoms with Gasteiger partial charge in [-0.3, -0.25) is 0 Å². The standard InChI is InChI=1S/C36H24N2S/c1-5-13-31-25(9-1)26-10-2-6-14-32(26)37(31)23-17-19-35-29(21-23)30-22-24(18-20-36(30)39-35)38-33-15-7-3-11-27(33)28-12-4-8-16-34(28)38/h1-3,5-11,13-22H,4,12H2. The minimum Gasteiger partial charge on any atom is -0.310 e. The average Bonchev–Trinajstić information content (AvgIpc) is 3.64. The van der Waals surface area contributed by atoms with E-state index in [2.05, 4.69) is 130 Å². The van der Waals surface area contributed by atoms with Crippen molar-refractivity contribution in [2.45, 2.75) is 12.8 Å². The number of allylic oxidation sites excluding steroid dienone is 1. The largest absolute Gasteiger partial charge is 0.310 e. The minimum atomic E-state index is 1.10. The minimum absolute atomic E-state index is 1.10. The Labute approximate surface area is 229 Å². The number of hydrogen-bond acceptors (Lipinski definition) is 1.